The normalized spacial score (nSPS) is 14.0. The lowest BCUT2D eigenvalue weighted by Crippen LogP contribution is -2.44. The molecule has 0 spiro atoms. The molecule has 0 aromatic heterocycles. The Morgan fingerprint density at radius 3 is 2.45 bits per heavy atom. The van der Waals surface area contributed by atoms with Crippen LogP contribution in [0.4, 0.5) is 5.69 Å². The number of piperazine rings is 1. The van der Waals surface area contributed by atoms with Gasteiger partial charge < -0.3 is 20.9 Å². The van der Waals surface area contributed by atoms with Gasteiger partial charge in [0.15, 0.2) is 0 Å². The van der Waals surface area contributed by atoms with Gasteiger partial charge in [-0.05, 0) is 49.7 Å². The highest BCUT2D eigenvalue weighted by molar-refractivity contribution is 6.05. The lowest BCUT2D eigenvalue weighted by molar-refractivity contribution is 0.0950. The van der Waals surface area contributed by atoms with Gasteiger partial charge >= 0.3 is 0 Å². The molecule has 0 aliphatic carbocycles. The van der Waals surface area contributed by atoms with Crippen molar-refractivity contribution in [3.63, 3.8) is 0 Å². The SMILES string of the molecule is Cc1ccc(C(=O)NCCCN2CCNCC2)cc1NC(=O)c1ccccc1.Cl. The second kappa shape index (κ2) is 11.6. The lowest BCUT2D eigenvalue weighted by atomic mass is 10.1. The summed E-state index contributed by atoms with van der Waals surface area (Å²) >= 11 is 0. The minimum Gasteiger partial charge on any atom is -0.352 e. The van der Waals surface area contributed by atoms with Crippen LogP contribution in [0.5, 0.6) is 0 Å². The van der Waals surface area contributed by atoms with E-state index >= 15 is 0 Å². The Hall–Kier alpha value is -2.41. The van der Waals surface area contributed by atoms with Crippen molar-refractivity contribution in [3.8, 4) is 0 Å². The number of nitrogens with one attached hydrogen (secondary N) is 3. The van der Waals surface area contributed by atoms with E-state index in [2.05, 4.69) is 20.9 Å². The quantitative estimate of drug-likeness (QED) is 0.607. The van der Waals surface area contributed by atoms with Gasteiger partial charge in [0.1, 0.15) is 0 Å². The number of carbonyl (C=O) groups is 2. The van der Waals surface area contributed by atoms with E-state index in [1.807, 2.05) is 31.2 Å². The molecule has 2 amide bonds. The molecule has 3 N–H and O–H groups in total. The average molecular weight is 417 g/mol. The van der Waals surface area contributed by atoms with Gasteiger partial charge in [-0.3, -0.25) is 9.59 Å². The number of halogens is 1. The Morgan fingerprint density at radius 2 is 1.72 bits per heavy atom. The molecule has 156 valence electrons. The Kier molecular flexibility index (Phi) is 9.12. The van der Waals surface area contributed by atoms with Crippen LogP contribution in [0.15, 0.2) is 48.5 Å². The molecule has 0 bridgehead atoms. The second-order valence-corrected chi connectivity index (χ2v) is 7.05. The first-order valence-electron chi connectivity index (χ1n) is 9.82. The van der Waals surface area contributed by atoms with Crippen LogP contribution in [-0.2, 0) is 0 Å². The Bertz CT molecular complexity index is 808. The monoisotopic (exact) mass is 416 g/mol. The summed E-state index contributed by atoms with van der Waals surface area (Å²) in [6, 6.07) is 14.4. The zero-order valence-electron chi connectivity index (χ0n) is 16.7. The van der Waals surface area contributed by atoms with E-state index in [1.54, 1.807) is 24.3 Å². The van der Waals surface area contributed by atoms with Crippen LogP contribution in [0.25, 0.3) is 0 Å². The van der Waals surface area contributed by atoms with E-state index in [-0.39, 0.29) is 24.2 Å². The molecule has 1 fully saturated rings. The topological polar surface area (TPSA) is 73.5 Å². The first-order chi connectivity index (χ1) is 13.6. The second-order valence-electron chi connectivity index (χ2n) is 7.05. The van der Waals surface area contributed by atoms with Crippen LogP contribution in [0, 0.1) is 6.92 Å². The summed E-state index contributed by atoms with van der Waals surface area (Å²) in [7, 11) is 0. The predicted molar refractivity (Wildman–Crippen MR) is 119 cm³/mol. The zero-order valence-corrected chi connectivity index (χ0v) is 17.6. The van der Waals surface area contributed by atoms with E-state index in [0.29, 0.717) is 23.4 Å². The van der Waals surface area contributed by atoms with E-state index < -0.39 is 0 Å². The summed E-state index contributed by atoms with van der Waals surface area (Å²) < 4.78 is 0. The van der Waals surface area contributed by atoms with Crippen molar-refractivity contribution < 1.29 is 9.59 Å². The Morgan fingerprint density at radius 1 is 1.00 bits per heavy atom. The molecule has 6 nitrogen and oxygen atoms in total. The van der Waals surface area contributed by atoms with Crippen LogP contribution in [0.2, 0.25) is 0 Å². The van der Waals surface area contributed by atoms with Gasteiger partial charge in [0.25, 0.3) is 11.8 Å². The third kappa shape index (κ3) is 6.85. The number of benzene rings is 2. The maximum Gasteiger partial charge on any atom is 0.255 e. The maximum absolute atomic E-state index is 12.5. The smallest absolute Gasteiger partial charge is 0.255 e. The molecule has 2 aromatic carbocycles. The number of hydrogen-bond acceptors (Lipinski definition) is 4. The molecule has 3 rings (SSSR count). The van der Waals surface area contributed by atoms with Crippen molar-refractivity contribution in [2.45, 2.75) is 13.3 Å². The van der Waals surface area contributed by atoms with Gasteiger partial charge in [-0.2, -0.15) is 0 Å². The highest BCUT2D eigenvalue weighted by atomic mass is 35.5. The van der Waals surface area contributed by atoms with Crippen molar-refractivity contribution in [2.75, 3.05) is 44.6 Å². The molecule has 1 saturated heterocycles. The fourth-order valence-corrected chi connectivity index (χ4v) is 3.22. The largest absolute Gasteiger partial charge is 0.352 e. The van der Waals surface area contributed by atoms with E-state index in [9.17, 15) is 9.59 Å². The summed E-state index contributed by atoms with van der Waals surface area (Å²) in [6.07, 6.45) is 0.926. The number of carbonyl (C=O) groups excluding carboxylic acids is 2. The minimum atomic E-state index is -0.183. The van der Waals surface area contributed by atoms with Crippen LogP contribution in [-0.4, -0.2) is 56.0 Å². The Balaban J connectivity index is 0.00000300. The summed E-state index contributed by atoms with van der Waals surface area (Å²) in [6.45, 7) is 7.75. The average Bonchev–Trinajstić information content (AvgIpc) is 2.74. The minimum absolute atomic E-state index is 0. The molecule has 0 saturated carbocycles. The summed E-state index contributed by atoms with van der Waals surface area (Å²) in [4.78, 5) is 27.3. The van der Waals surface area contributed by atoms with Gasteiger partial charge in [-0.1, -0.05) is 24.3 Å². The van der Waals surface area contributed by atoms with Crippen molar-refractivity contribution in [1.29, 1.82) is 0 Å². The number of amides is 2. The fraction of sp³-hybridized carbons (Fsp3) is 0.364. The molecule has 2 aromatic rings. The summed E-state index contributed by atoms with van der Waals surface area (Å²) in [5, 5.41) is 9.21. The fourth-order valence-electron chi connectivity index (χ4n) is 3.22. The lowest BCUT2D eigenvalue weighted by Gasteiger charge is -2.27. The molecule has 1 aliphatic rings. The summed E-state index contributed by atoms with van der Waals surface area (Å²) in [5.74, 6) is -0.298. The molecule has 0 radical (unpaired) electrons. The van der Waals surface area contributed by atoms with Gasteiger partial charge in [-0.15, -0.1) is 12.4 Å². The third-order valence-corrected chi connectivity index (χ3v) is 4.93. The molecule has 29 heavy (non-hydrogen) atoms. The van der Waals surface area contributed by atoms with Crippen molar-refractivity contribution in [3.05, 3.63) is 65.2 Å². The van der Waals surface area contributed by atoms with E-state index in [4.69, 9.17) is 0 Å². The van der Waals surface area contributed by atoms with Gasteiger partial charge in [0, 0.05) is 49.5 Å². The van der Waals surface area contributed by atoms with Gasteiger partial charge in [-0.25, -0.2) is 0 Å². The van der Waals surface area contributed by atoms with E-state index in [0.717, 1.165) is 44.7 Å². The maximum atomic E-state index is 12.5. The van der Waals surface area contributed by atoms with E-state index in [1.165, 1.54) is 0 Å². The third-order valence-electron chi connectivity index (χ3n) is 4.93. The molecule has 1 aliphatic heterocycles. The highest BCUT2D eigenvalue weighted by Gasteiger charge is 2.12. The van der Waals surface area contributed by atoms with Crippen molar-refractivity contribution >= 4 is 29.9 Å². The number of aryl methyl sites for hydroxylation is 1. The van der Waals surface area contributed by atoms with Crippen molar-refractivity contribution in [1.82, 2.24) is 15.5 Å². The first kappa shape index (κ1) is 22.9. The predicted octanol–water partition coefficient (Wildman–Crippen LogP) is 2.69. The standard InChI is InChI=1S/C22H28N4O2.ClH/c1-17-8-9-19(16-20(17)25-22(28)18-6-3-2-4-7-18)21(27)24-10-5-13-26-14-11-23-12-15-26;/h2-4,6-9,16,23H,5,10-15H2,1H3,(H,24,27)(H,25,28);1H. The molecule has 0 unspecified atom stereocenters. The molecule has 1 heterocycles. The van der Waals surface area contributed by atoms with Gasteiger partial charge in [0.2, 0.25) is 0 Å². The van der Waals surface area contributed by atoms with Crippen LogP contribution >= 0.6 is 12.4 Å². The molecule has 0 atom stereocenters. The molecular formula is C22H29ClN4O2. The first-order valence-corrected chi connectivity index (χ1v) is 9.82. The van der Waals surface area contributed by atoms with Crippen LogP contribution in [0.3, 0.4) is 0 Å². The van der Waals surface area contributed by atoms with Crippen LogP contribution < -0.4 is 16.0 Å². The molecule has 7 heteroatoms. The molecular weight excluding hydrogens is 388 g/mol. The number of rotatable bonds is 7. The van der Waals surface area contributed by atoms with Crippen molar-refractivity contribution in [2.24, 2.45) is 0 Å². The zero-order chi connectivity index (χ0) is 19.8. The highest BCUT2D eigenvalue weighted by Crippen LogP contribution is 2.18. The van der Waals surface area contributed by atoms with Crippen LogP contribution in [0.1, 0.15) is 32.7 Å². The summed E-state index contributed by atoms with van der Waals surface area (Å²) in [5.41, 5.74) is 2.71. The number of hydrogen-bond donors (Lipinski definition) is 3. The number of anilines is 1. The Labute approximate surface area is 178 Å². The van der Waals surface area contributed by atoms with Gasteiger partial charge in [0.05, 0.1) is 0 Å². The number of nitrogens with zero attached hydrogens (tertiary/aromatic N) is 1.